The number of nitriles is 1. The summed E-state index contributed by atoms with van der Waals surface area (Å²) in [4.78, 5) is 4.70. The van der Waals surface area contributed by atoms with Crippen LogP contribution in [0.15, 0.2) is 127 Å². The Hall–Kier alpha value is -5.05. The number of hydrogen-bond acceptors (Lipinski definition) is 4. The number of allylic oxidation sites excluding steroid dienone is 1. The van der Waals surface area contributed by atoms with Crippen LogP contribution in [0.25, 0.3) is 51.1 Å². The summed E-state index contributed by atoms with van der Waals surface area (Å²) in [5, 5.41) is 17.5. The first-order chi connectivity index (χ1) is 18.8. The summed E-state index contributed by atoms with van der Waals surface area (Å²) in [6, 6.07) is 43.0. The molecule has 4 aromatic carbocycles. The smallest absolute Gasteiger partial charge is 0.134 e. The van der Waals surface area contributed by atoms with Crippen molar-refractivity contribution in [2.45, 2.75) is 0 Å². The number of nitrogens with zero attached hydrogens (tertiary/aromatic N) is 4. The fourth-order valence-corrected chi connectivity index (χ4v) is 5.10. The highest BCUT2D eigenvalue weighted by molar-refractivity contribution is 7.11. The third-order valence-electron chi connectivity index (χ3n) is 6.22. The molecule has 5 heteroatoms. The second-order valence-corrected chi connectivity index (χ2v) is 9.58. The Morgan fingerprint density at radius 1 is 0.711 bits per heavy atom. The second kappa shape index (κ2) is 10.5. The molecule has 38 heavy (non-hydrogen) atoms. The number of benzene rings is 4. The van der Waals surface area contributed by atoms with Crippen LogP contribution in [-0.2, 0) is 0 Å². The van der Waals surface area contributed by atoms with Gasteiger partial charge in [0, 0.05) is 22.1 Å². The zero-order chi connectivity index (χ0) is 25.7. The van der Waals surface area contributed by atoms with Crippen molar-refractivity contribution in [3.63, 3.8) is 0 Å². The van der Waals surface area contributed by atoms with E-state index in [1.807, 2.05) is 107 Å². The molecule has 0 radical (unpaired) electrons. The molecule has 180 valence electrons. The largest absolute Gasteiger partial charge is 0.235 e. The number of rotatable bonds is 6. The van der Waals surface area contributed by atoms with Crippen LogP contribution in [0.1, 0.15) is 10.6 Å². The van der Waals surface area contributed by atoms with Crippen LogP contribution in [-0.4, -0.2) is 14.8 Å². The molecule has 0 aliphatic carbocycles. The predicted molar refractivity (Wildman–Crippen MR) is 155 cm³/mol. The first-order valence-electron chi connectivity index (χ1n) is 12.2. The monoisotopic (exact) mass is 506 g/mol. The third kappa shape index (κ3) is 4.81. The van der Waals surface area contributed by atoms with Gasteiger partial charge in [0.05, 0.1) is 28.3 Å². The maximum absolute atomic E-state index is 9.86. The van der Waals surface area contributed by atoms with Gasteiger partial charge in [0.25, 0.3) is 0 Å². The van der Waals surface area contributed by atoms with Gasteiger partial charge in [-0.1, -0.05) is 103 Å². The first kappa shape index (κ1) is 23.4. The van der Waals surface area contributed by atoms with Crippen LogP contribution in [0.3, 0.4) is 0 Å². The van der Waals surface area contributed by atoms with Gasteiger partial charge in [-0.05, 0) is 29.8 Å². The highest BCUT2D eigenvalue weighted by atomic mass is 32.1. The van der Waals surface area contributed by atoms with E-state index < -0.39 is 0 Å². The van der Waals surface area contributed by atoms with Crippen molar-refractivity contribution >= 4 is 23.0 Å². The quantitative estimate of drug-likeness (QED) is 0.213. The lowest BCUT2D eigenvalue weighted by atomic mass is 10.1. The summed E-state index contributed by atoms with van der Waals surface area (Å²) in [5.41, 5.74) is 8.43. The van der Waals surface area contributed by atoms with E-state index >= 15 is 0 Å². The van der Waals surface area contributed by atoms with E-state index in [4.69, 9.17) is 10.1 Å². The molecule has 0 bridgehead atoms. The average Bonchev–Trinajstić information content (AvgIpc) is 3.66. The summed E-state index contributed by atoms with van der Waals surface area (Å²) in [7, 11) is 0. The fraction of sp³-hybridized carbons (Fsp3) is 0. The van der Waals surface area contributed by atoms with Gasteiger partial charge in [-0.25, -0.2) is 9.67 Å². The zero-order valence-corrected chi connectivity index (χ0v) is 21.2. The number of thiazole rings is 1. The van der Waals surface area contributed by atoms with Crippen molar-refractivity contribution in [2.75, 3.05) is 0 Å². The van der Waals surface area contributed by atoms with Crippen LogP contribution in [0.4, 0.5) is 0 Å². The normalized spacial score (nSPS) is 11.3. The SMILES string of the molecule is N#CC(=Cc1ccc(-n2nc(-c3ccccc3)cc2-c2ccccc2)cc1)c1nc(-c2ccccc2)cs1. The fourth-order valence-electron chi connectivity index (χ4n) is 4.30. The standard InChI is InChI=1S/C33H22N4S/c34-22-28(33-35-31(23-38-33)26-12-6-2-7-13-26)20-24-16-18-29(19-17-24)37-32(27-14-8-3-9-15-27)21-30(36-37)25-10-4-1-5-11-25/h1-21,23H. The summed E-state index contributed by atoms with van der Waals surface area (Å²) in [6.07, 6.45) is 1.88. The van der Waals surface area contributed by atoms with Crippen LogP contribution in [0.5, 0.6) is 0 Å². The maximum atomic E-state index is 9.86. The minimum atomic E-state index is 0.542. The molecule has 0 spiro atoms. The molecular formula is C33H22N4S. The average molecular weight is 507 g/mol. The molecule has 0 amide bonds. The highest BCUT2D eigenvalue weighted by Gasteiger charge is 2.13. The van der Waals surface area contributed by atoms with Gasteiger partial charge in [-0.3, -0.25) is 0 Å². The number of hydrogen-bond donors (Lipinski definition) is 0. The Bertz CT molecular complexity index is 1740. The van der Waals surface area contributed by atoms with Gasteiger partial charge in [-0.2, -0.15) is 10.4 Å². The zero-order valence-electron chi connectivity index (χ0n) is 20.4. The van der Waals surface area contributed by atoms with Gasteiger partial charge in [0.1, 0.15) is 11.1 Å². The molecule has 0 N–H and O–H groups in total. The number of aromatic nitrogens is 3. The summed E-state index contributed by atoms with van der Waals surface area (Å²) >= 11 is 1.48. The lowest BCUT2D eigenvalue weighted by molar-refractivity contribution is 0.892. The van der Waals surface area contributed by atoms with Crippen LogP contribution in [0, 0.1) is 11.3 Å². The molecule has 6 rings (SSSR count). The van der Waals surface area contributed by atoms with Crippen molar-refractivity contribution in [3.8, 4) is 45.5 Å². The summed E-state index contributed by atoms with van der Waals surface area (Å²) in [6.45, 7) is 0. The molecule has 0 fully saturated rings. The Morgan fingerprint density at radius 2 is 1.29 bits per heavy atom. The molecule has 6 aromatic rings. The van der Waals surface area contributed by atoms with E-state index in [1.54, 1.807) is 0 Å². The third-order valence-corrected chi connectivity index (χ3v) is 7.10. The Labute approximate surface area is 225 Å². The molecule has 4 nitrogen and oxygen atoms in total. The molecule has 0 unspecified atom stereocenters. The molecule has 0 aliphatic heterocycles. The van der Waals surface area contributed by atoms with E-state index in [0.29, 0.717) is 10.6 Å². The molecular weight excluding hydrogens is 484 g/mol. The lowest BCUT2D eigenvalue weighted by Crippen LogP contribution is -1.99. The van der Waals surface area contributed by atoms with Crippen molar-refractivity contribution in [1.82, 2.24) is 14.8 Å². The first-order valence-corrected chi connectivity index (χ1v) is 13.1. The van der Waals surface area contributed by atoms with E-state index in [2.05, 4.69) is 36.4 Å². The van der Waals surface area contributed by atoms with Crippen molar-refractivity contribution in [2.24, 2.45) is 0 Å². The van der Waals surface area contributed by atoms with Gasteiger partial charge < -0.3 is 0 Å². The summed E-state index contributed by atoms with van der Waals surface area (Å²) in [5.74, 6) is 0. The van der Waals surface area contributed by atoms with Crippen LogP contribution in [0.2, 0.25) is 0 Å². The second-order valence-electron chi connectivity index (χ2n) is 8.72. The molecule has 0 saturated heterocycles. The highest BCUT2D eigenvalue weighted by Crippen LogP contribution is 2.30. The molecule has 2 heterocycles. The van der Waals surface area contributed by atoms with Crippen molar-refractivity contribution < 1.29 is 0 Å². The van der Waals surface area contributed by atoms with Gasteiger partial charge in [0.2, 0.25) is 0 Å². The Balaban J connectivity index is 1.33. The van der Waals surface area contributed by atoms with Crippen molar-refractivity contribution in [1.29, 1.82) is 5.26 Å². The topological polar surface area (TPSA) is 54.5 Å². The van der Waals surface area contributed by atoms with E-state index in [0.717, 1.165) is 45.0 Å². The van der Waals surface area contributed by atoms with Crippen LogP contribution < -0.4 is 0 Å². The Kier molecular flexibility index (Phi) is 6.46. The van der Waals surface area contributed by atoms with Crippen LogP contribution >= 0.6 is 11.3 Å². The van der Waals surface area contributed by atoms with Gasteiger partial charge in [0.15, 0.2) is 0 Å². The predicted octanol–water partition coefficient (Wildman–Crippen LogP) is 8.39. The van der Waals surface area contributed by atoms with Gasteiger partial charge in [-0.15, -0.1) is 11.3 Å². The summed E-state index contributed by atoms with van der Waals surface area (Å²) < 4.78 is 1.98. The minimum absolute atomic E-state index is 0.542. The van der Waals surface area contributed by atoms with Gasteiger partial charge >= 0.3 is 0 Å². The molecule has 0 aliphatic rings. The van der Waals surface area contributed by atoms with E-state index in [1.165, 1.54) is 11.3 Å². The lowest BCUT2D eigenvalue weighted by Gasteiger charge is -2.08. The maximum Gasteiger partial charge on any atom is 0.134 e. The van der Waals surface area contributed by atoms with E-state index in [-0.39, 0.29) is 0 Å². The molecule has 0 saturated carbocycles. The van der Waals surface area contributed by atoms with E-state index in [9.17, 15) is 5.26 Å². The Morgan fingerprint density at radius 3 is 1.89 bits per heavy atom. The minimum Gasteiger partial charge on any atom is -0.235 e. The molecule has 2 aromatic heterocycles. The molecule has 0 atom stereocenters. The van der Waals surface area contributed by atoms with Crippen molar-refractivity contribution in [3.05, 3.63) is 137 Å².